The first-order valence-corrected chi connectivity index (χ1v) is 6.15. The molecule has 0 radical (unpaired) electrons. The molecule has 1 fully saturated rings. The van der Waals surface area contributed by atoms with Crippen molar-refractivity contribution in [2.45, 2.75) is 25.7 Å². The molecular weight excluding hydrogens is 210 g/mol. The van der Waals surface area contributed by atoms with E-state index in [1.54, 1.807) is 0 Å². The summed E-state index contributed by atoms with van der Waals surface area (Å²) in [4.78, 5) is 0. The third kappa shape index (κ3) is 1.74. The number of epoxide rings is 1. The third-order valence-electron chi connectivity index (χ3n) is 3.44. The normalized spacial score (nSPS) is 27.3. The number of fused-ring (bicyclic) bond motifs is 1. The first-order chi connectivity index (χ1) is 8.24. The summed E-state index contributed by atoms with van der Waals surface area (Å²) in [5.74, 6) is 0. The van der Waals surface area contributed by atoms with E-state index in [0.717, 1.165) is 6.54 Å². The Bertz CT molecular complexity index is 546. The van der Waals surface area contributed by atoms with Crippen LogP contribution in [0.15, 0.2) is 42.5 Å². The zero-order valence-electron chi connectivity index (χ0n) is 10.2. The van der Waals surface area contributed by atoms with E-state index in [0.29, 0.717) is 0 Å². The summed E-state index contributed by atoms with van der Waals surface area (Å²) in [6, 6.07) is 14.9. The fourth-order valence-corrected chi connectivity index (χ4v) is 2.54. The summed E-state index contributed by atoms with van der Waals surface area (Å²) in [6.07, 6.45) is 0.175. The van der Waals surface area contributed by atoms with Crippen LogP contribution in [0.3, 0.4) is 0 Å². The molecular formula is C15H17NO. The summed E-state index contributed by atoms with van der Waals surface area (Å²) in [6.45, 7) is 5.15. The van der Waals surface area contributed by atoms with E-state index in [1.165, 1.54) is 16.3 Å². The van der Waals surface area contributed by atoms with Gasteiger partial charge in [0.15, 0.2) is 0 Å². The minimum absolute atomic E-state index is 0.175. The van der Waals surface area contributed by atoms with Gasteiger partial charge < -0.3 is 4.74 Å². The van der Waals surface area contributed by atoms with Crippen molar-refractivity contribution in [3.8, 4) is 0 Å². The average molecular weight is 227 g/mol. The molecule has 17 heavy (non-hydrogen) atoms. The highest BCUT2D eigenvalue weighted by Crippen LogP contribution is 2.48. The van der Waals surface area contributed by atoms with Gasteiger partial charge in [0.05, 0.1) is 0 Å². The van der Waals surface area contributed by atoms with Crippen LogP contribution in [-0.4, -0.2) is 12.3 Å². The Hall–Kier alpha value is -1.38. The first-order valence-electron chi connectivity index (χ1n) is 6.15. The van der Waals surface area contributed by atoms with E-state index in [2.05, 4.69) is 61.6 Å². The highest BCUT2D eigenvalue weighted by atomic mass is 16.6. The number of likely N-dealkylation sites (N-methyl/N-ethyl adjacent to an activating group) is 1. The molecule has 2 heteroatoms. The predicted molar refractivity (Wildman–Crippen MR) is 69.9 cm³/mol. The largest absolute Gasteiger partial charge is 0.345 e. The van der Waals surface area contributed by atoms with Crippen LogP contribution in [0, 0.1) is 0 Å². The maximum absolute atomic E-state index is 5.83. The van der Waals surface area contributed by atoms with Gasteiger partial charge >= 0.3 is 0 Å². The zero-order chi connectivity index (χ0) is 11.9. The quantitative estimate of drug-likeness (QED) is 0.814. The molecule has 3 rings (SSSR count). The maximum Gasteiger partial charge on any atom is 0.148 e. The third-order valence-corrected chi connectivity index (χ3v) is 3.44. The zero-order valence-corrected chi connectivity index (χ0v) is 10.2. The summed E-state index contributed by atoms with van der Waals surface area (Å²) in [7, 11) is 0. The molecule has 0 spiro atoms. The average Bonchev–Trinajstić information content (AvgIpc) is 3.01. The summed E-state index contributed by atoms with van der Waals surface area (Å²) < 4.78 is 5.83. The van der Waals surface area contributed by atoms with E-state index >= 15 is 0 Å². The van der Waals surface area contributed by atoms with Gasteiger partial charge in [0.2, 0.25) is 0 Å². The number of ether oxygens (including phenoxy) is 1. The molecule has 88 valence electrons. The lowest BCUT2D eigenvalue weighted by Gasteiger charge is -2.08. The van der Waals surface area contributed by atoms with Crippen molar-refractivity contribution in [1.82, 2.24) is 5.32 Å². The minimum atomic E-state index is -0.182. The van der Waals surface area contributed by atoms with Crippen molar-refractivity contribution in [3.05, 3.63) is 48.0 Å². The maximum atomic E-state index is 5.83. The minimum Gasteiger partial charge on any atom is -0.345 e. The monoisotopic (exact) mass is 227 g/mol. The van der Waals surface area contributed by atoms with E-state index in [9.17, 15) is 0 Å². The smallest absolute Gasteiger partial charge is 0.148 e. The Labute approximate surface area is 102 Å². The van der Waals surface area contributed by atoms with Gasteiger partial charge in [-0.15, -0.1) is 0 Å². The van der Waals surface area contributed by atoms with Crippen LogP contribution >= 0.6 is 0 Å². The van der Waals surface area contributed by atoms with E-state index < -0.39 is 0 Å². The van der Waals surface area contributed by atoms with Crippen molar-refractivity contribution in [2.24, 2.45) is 0 Å². The van der Waals surface area contributed by atoms with Gasteiger partial charge in [0, 0.05) is 0 Å². The second kappa shape index (κ2) is 3.83. The lowest BCUT2D eigenvalue weighted by atomic mass is 9.99. The number of rotatable bonds is 3. The van der Waals surface area contributed by atoms with Gasteiger partial charge in [0.25, 0.3) is 0 Å². The topological polar surface area (TPSA) is 24.6 Å². The molecule has 2 nitrogen and oxygen atoms in total. The van der Waals surface area contributed by atoms with Crippen LogP contribution in [0.1, 0.15) is 25.5 Å². The Morgan fingerprint density at radius 2 is 1.94 bits per heavy atom. The number of hydrogen-bond acceptors (Lipinski definition) is 2. The molecule has 2 aromatic carbocycles. The van der Waals surface area contributed by atoms with Gasteiger partial charge in [-0.2, -0.15) is 0 Å². The lowest BCUT2D eigenvalue weighted by molar-refractivity contribution is 0.272. The molecule has 0 bridgehead atoms. The first kappa shape index (κ1) is 10.8. The molecule has 2 unspecified atom stereocenters. The molecule has 0 aliphatic carbocycles. The highest BCUT2D eigenvalue weighted by Gasteiger charge is 2.53. The Morgan fingerprint density at radius 1 is 1.18 bits per heavy atom. The van der Waals surface area contributed by atoms with Crippen LogP contribution in [0.2, 0.25) is 0 Å². The molecule has 0 amide bonds. The molecule has 1 heterocycles. The highest BCUT2D eigenvalue weighted by molar-refractivity contribution is 5.86. The number of nitrogens with one attached hydrogen (secondary N) is 1. The molecule has 0 saturated carbocycles. The van der Waals surface area contributed by atoms with Gasteiger partial charge in [0.1, 0.15) is 11.8 Å². The standard InChI is InChI=1S/C15H17NO/c1-3-16-15(2)14(17-15)13-10-6-8-11-7-4-5-9-12(11)13/h4-10,14,16H,3H2,1-2H3. The molecule has 0 aromatic heterocycles. The molecule has 2 aromatic rings. The van der Waals surface area contributed by atoms with Crippen molar-refractivity contribution in [3.63, 3.8) is 0 Å². The van der Waals surface area contributed by atoms with Crippen LogP contribution < -0.4 is 5.32 Å². The Kier molecular flexibility index (Phi) is 2.42. The van der Waals surface area contributed by atoms with Crippen LogP contribution in [0.4, 0.5) is 0 Å². The second-order valence-electron chi connectivity index (χ2n) is 4.70. The lowest BCUT2D eigenvalue weighted by Crippen LogP contribution is -2.29. The fourth-order valence-electron chi connectivity index (χ4n) is 2.54. The van der Waals surface area contributed by atoms with E-state index in [4.69, 9.17) is 4.74 Å². The second-order valence-corrected chi connectivity index (χ2v) is 4.70. The number of hydrogen-bond donors (Lipinski definition) is 1. The summed E-state index contributed by atoms with van der Waals surface area (Å²) in [5.41, 5.74) is 1.10. The molecule has 2 atom stereocenters. The van der Waals surface area contributed by atoms with E-state index in [-0.39, 0.29) is 11.8 Å². The predicted octanol–water partition coefficient (Wildman–Crippen LogP) is 3.24. The van der Waals surface area contributed by atoms with E-state index in [1.807, 2.05) is 0 Å². The fraction of sp³-hybridized carbons (Fsp3) is 0.333. The Balaban J connectivity index is 2.02. The van der Waals surface area contributed by atoms with Crippen LogP contribution in [-0.2, 0) is 4.74 Å². The van der Waals surface area contributed by atoms with Crippen LogP contribution in [0.25, 0.3) is 10.8 Å². The van der Waals surface area contributed by atoms with Gasteiger partial charge in [-0.1, -0.05) is 49.4 Å². The Morgan fingerprint density at radius 3 is 2.76 bits per heavy atom. The van der Waals surface area contributed by atoms with Crippen LogP contribution in [0.5, 0.6) is 0 Å². The van der Waals surface area contributed by atoms with Crippen molar-refractivity contribution in [1.29, 1.82) is 0 Å². The number of benzene rings is 2. The summed E-state index contributed by atoms with van der Waals surface area (Å²) >= 11 is 0. The van der Waals surface area contributed by atoms with Gasteiger partial charge in [-0.25, -0.2) is 0 Å². The van der Waals surface area contributed by atoms with Crippen molar-refractivity contribution >= 4 is 10.8 Å². The van der Waals surface area contributed by atoms with Crippen molar-refractivity contribution < 1.29 is 4.74 Å². The SMILES string of the molecule is CCNC1(C)OC1c1cccc2ccccc12. The molecule has 1 N–H and O–H groups in total. The van der Waals surface area contributed by atoms with Crippen molar-refractivity contribution in [2.75, 3.05) is 6.54 Å². The molecule has 1 saturated heterocycles. The van der Waals surface area contributed by atoms with Gasteiger partial charge in [-0.05, 0) is 29.8 Å². The molecule has 1 aliphatic heterocycles. The van der Waals surface area contributed by atoms with Gasteiger partial charge in [-0.3, -0.25) is 5.32 Å². The molecule has 1 aliphatic rings. The summed E-state index contributed by atoms with van der Waals surface area (Å²) in [5, 5.41) is 5.96.